The maximum Gasteiger partial charge on any atom is 2.00 e. The Bertz CT molecular complexity index is 3610. The molecule has 0 radical (unpaired) electrons. The second-order valence-electron chi connectivity index (χ2n) is 15.7. The zero-order valence-electron chi connectivity index (χ0n) is 34.4. The molecule has 9 aromatic carbocycles. The molecule has 64 heavy (non-hydrogen) atoms. The third kappa shape index (κ3) is 7.08. The van der Waals surface area contributed by atoms with Gasteiger partial charge in [0, 0.05) is 38.7 Å². The van der Waals surface area contributed by atoms with Crippen LogP contribution < -0.4 is 0 Å². The molecule has 0 unspecified atom stereocenters. The Morgan fingerprint density at radius 3 is 1.61 bits per heavy atom. The summed E-state index contributed by atoms with van der Waals surface area (Å²) in [7, 11) is 0. The number of aromatic nitrogens is 5. The van der Waals surface area contributed by atoms with E-state index in [4.69, 9.17) is 19.9 Å². The Labute approximate surface area is 394 Å². The maximum absolute atomic E-state index is 5.33. The Morgan fingerprint density at radius 2 is 0.938 bits per heavy atom. The molecule has 0 atom stereocenters. The Kier molecular flexibility index (Phi) is 10.2. The summed E-state index contributed by atoms with van der Waals surface area (Å²) in [5.74, 6) is 1.85. The fourth-order valence-corrected chi connectivity index (χ4v) is 8.76. The molecular formula is C58H35N5U. The number of rotatable bonds is 7. The Morgan fingerprint density at radius 1 is 0.391 bits per heavy atom. The first-order valence-electron chi connectivity index (χ1n) is 21.1. The van der Waals surface area contributed by atoms with Gasteiger partial charge in [-0.15, -0.1) is 17.5 Å². The minimum Gasteiger partial charge on any atom is -0.334 e. The quantitative estimate of drug-likeness (QED) is 0.118. The third-order valence-corrected chi connectivity index (χ3v) is 11.8. The number of nitrogens with zero attached hydrogens (tertiary/aromatic N) is 5. The predicted octanol–water partition coefficient (Wildman–Crippen LogP) is 14.3. The normalized spacial score (nSPS) is 11.3. The second kappa shape index (κ2) is 16.7. The fourth-order valence-electron chi connectivity index (χ4n) is 8.76. The summed E-state index contributed by atoms with van der Waals surface area (Å²) in [4.78, 5) is 20.5. The van der Waals surface area contributed by atoms with Crippen molar-refractivity contribution in [3.8, 4) is 73.4 Å². The summed E-state index contributed by atoms with van der Waals surface area (Å²) in [5.41, 5.74) is 13.0. The monoisotopic (exact) mass is 1040 g/mol. The summed E-state index contributed by atoms with van der Waals surface area (Å²) in [6.45, 7) is 0. The molecule has 0 aliphatic carbocycles. The smallest absolute Gasteiger partial charge is 0.334 e. The SMILES string of the molecule is [U+2].[c-]1ccccc1-c1[c-]c2ccc3ccccc3c2nc1-c1ccc(-c2ccc(-c3nc(-c4ccccc4)nc(-c4cccc(-n5c6ccccc6c6ccccc65)c4)n3)cc2)cc1. The molecule has 0 saturated carbocycles. The molecule has 5 nitrogen and oxygen atoms in total. The van der Waals surface area contributed by atoms with Crippen molar-refractivity contribution >= 4 is 43.5 Å². The van der Waals surface area contributed by atoms with Gasteiger partial charge in [-0.1, -0.05) is 158 Å². The number of hydrogen-bond donors (Lipinski definition) is 0. The standard InChI is InChI=1S/C58H35N5.U/c1-3-14-40(15-4-1)51-37-45-35-30-41-16-7-8-21-48(41)55(45)59-54(51)42-31-26-38(27-32-42)39-28-33-44(34-29-39)57-60-56(43-17-5-2-6-18-43)61-58(62-57)46-19-13-20-47(36-46)63-52-24-11-9-22-49(52)50-23-10-12-25-53(50)63;/h1-14,16-36H;/q-2;+2. The predicted molar refractivity (Wildman–Crippen MR) is 257 cm³/mol. The van der Waals surface area contributed by atoms with E-state index >= 15 is 0 Å². The van der Waals surface area contributed by atoms with Gasteiger partial charge in [0.1, 0.15) is 0 Å². The molecule has 0 fully saturated rings. The Balaban J connectivity index is 0.00000456. The number of pyridine rings is 1. The molecule has 0 bridgehead atoms. The van der Waals surface area contributed by atoms with Gasteiger partial charge in [0.2, 0.25) is 0 Å². The van der Waals surface area contributed by atoms with Crippen molar-refractivity contribution in [1.82, 2.24) is 24.5 Å². The van der Waals surface area contributed by atoms with Crippen LogP contribution >= 0.6 is 0 Å². The van der Waals surface area contributed by atoms with Crippen molar-refractivity contribution in [3.63, 3.8) is 0 Å². The van der Waals surface area contributed by atoms with Gasteiger partial charge >= 0.3 is 31.1 Å². The minimum atomic E-state index is 0. The molecule has 296 valence electrons. The largest absolute Gasteiger partial charge is 2.00 e. The zero-order chi connectivity index (χ0) is 41.7. The van der Waals surface area contributed by atoms with Crippen LogP contribution in [-0.2, 0) is 0 Å². The van der Waals surface area contributed by atoms with Crippen LogP contribution in [0.25, 0.3) is 117 Å². The summed E-state index contributed by atoms with van der Waals surface area (Å²) < 4.78 is 2.32. The van der Waals surface area contributed by atoms with Crippen LogP contribution in [0.1, 0.15) is 0 Å². The molecule has 3 aromatic heterocycles. The van der Waals surface area contributed by atoms with Crippen LogP contribution in [0.5, 0.6) is 0 Å². The molecule has 0 aliphatic rings. The van der Waals surface area contributed by atoms with E-state index in [1.165, 1.54) is 10.8 Å². The average molecular weight is 1040 g/mol. The van der Waals surface area contributed by atoms with Crippen molar-refractivity contribution in [2.75, 3.05) is 0 Å². The van der Waals surface area contributed by atoms with Gasteiger partial charge < -0.3 is 9.55 Å². The molecule has 12 aromatic rings. The summed E-state index contributed by atoms with van der Waals surface area (Å²) >= 11 is 0. The van der Waals surface area contributed by atoms with Crippen molar-refractivity contribution in [3.05, 3.63) is 224 Å². The van der Waals surface area contributed by atoms with E-state index in [-0.39, 0.29) is 31.1 Å². The van der Waals surface area contributed by atoms with E-state index in [2.05, 4.69) is 180 Å². The number of para-hydroxylation sites is 2. The van der Waals surface area contributed by atoms with Crippen LogP contribution in [0.15, 0.2) is 212 Å². The van der Waals surface area contributed by atoms with Gasteiger partial charge in [-0.05, 0) is 57.4 Å². The minimum absolute atomic E-state index is 0. The van der Waals surface area contributed by atoms with Crippen molar-refractivity contribution < 1.29 is 31.1 Å². The maximum atomic E-state index is 5.33. The summed E-state index contributed by atoms with van der Waals surface area (Å²) in [6, 6.07) is 80.6. The van der Waals surface area contributed by atoms with Gasteiger partial charge in [0.05, 0.1) is 11.0 Å². The molecule has 0 saturated heterocycles. The van der Waals surface area contributed by atoms with Crippen LogP contribution in [0.3, 0.4) is 0 Å². The van der Waals surface area contributed by atoms with Crippen molar-refractivity contribution in [2.45, 2.75) is 0 Å². The van der Waals surface area contributed by atoms with Crippen molar-refractivity contribution in [1.29, 1.82) is 0 Å². The van der Waals surface area contributed by atoms with Crippen LogP contribution in [0.4, 0.5) is 0 Å². The molecular weight excluding hydrogens is 1000 g/mol. The zero-order valence-corrected chi connectivity index (χ0v) is 38.6. The fraction of sp³-hybridized carbons (Fsp3) is 0. The second-order valence-corrected chi connectivity index (χ2v) is 15.7. The molecule has 0 spiro atoms. The first kappa shape index (κ1) is 39.4. The van der Waals surface area contributed by atoms with Crippen LogP contribution in [-0.4, -0.2) is 24.5 Å². The third-order valence-electron chi connectivity index (χ3n) is 11.8. The van der Waals surface area contributed by atoms with Gasteiger partial charge in [0.15, 0.2) is 17.5 Å². The first-order valence-corrected chi connectivity index (χ1v) is 21.1. The molecule has 0 aliphatic heterocycles. The van der Waals surface area contributed by atoms with Crippen LogP contribution in [0, 0.1) is 43.2 Å². The number of hydrogen-bond acceptors (Lipinski definition) is 4. The molecule has 6 heteroatoms. The molecule has 0 amide bonds. The molecule has 12 rings (SSSR count). The van der Waals surface area contributed by atoms with E-state index < -0.39 is 0 Å². The summed E-state index contributed by atoms with van der Waals surface area (Å²) in [5, 5.41) is 5.69. The topological polar surface area (TPSA) is 56.5 Å². The van der Waals surface area contributed by atoms with E-state index in [1.54, 1.807) is 0 Å². The number of fused-ring (bicyclic) bond motifs is 6. The van der Waals surface area contributed by atoms with Gasteiger partial charge in [-0.3, -0.25) is 0 Å². The van der Waals surface area contributed by atoms with E-state index in [0.29, 0.717) is 17.5 Å². The molecule has 0 N–H and O–H groups in total. The van der Waals surface area contributed by atoms with E-state index in [1.807, 2.05) is 48.5 Å². The van der Waals surface area contributed by atoms with E-state index in [0.717, 1.165) is 88.6 Å². The average Bonchev–Trinajstić information content (AvgIpc) is 3.71. The summed E-state index contributed by atoms with van der Waals surface area (Å²) in [6.07, 6.45) is 0. The number of benzene rings is 9. The van der Waals surface area contributed by atoms with Crippen molar-refractivity contribution in [2.24, 2.45) is 0 Å². The Hall–Kier alpha value is -7.49. The van der Waals surface area contributed by atoms with E-state index in [9.17, 15) is 0 Å². The van der Waals surface area contributed by atoms with Gasteiger partial charge in [-0.25, -0.2) is 20.5 Å². The van der Waals surface area contributed by atoms with Gasteiger partial charge in [0.25, 0.3) is 0 Å². The van der Waals surface area contributed by atoms with Gasteiger partial charge in [-0.2, -0.15) is 35.9 Å². The van der Waals surface area contributed by atoms with Crippen LogP contribution in [0.2, 0.25) is 0 Å². The molecule has 3 heterocycles. The first-order chi connectivity index (χ1) is 31.2.